The monoisotopic (exact) mass is 252 g/mol. The smallest absolute Gasteiger partial charge is 0.119 e. The first-order valence-corrected chi connectivity index (χ1v) is 7.48. The molecule has 1 aliphatic rings. The number of aryl methyl sites for hydroxylation is 1. The lowest BCUT2D eigenvalue weighted by Gasteiger charge is -2.08. The van der Waals surface area contributed by atoms with E-state index in [-0.39, 0.29) is 6.10 Å². The molecule has 3 heteroatoms. The number of thioether (sulfide) groups is 1. The van der Waals surface area contributed by atoms with E-state index in [0.717, 1.165) is 37.2 Å². The van der Waals surface area contributed by atoms with E-state index in [4.69, 9.17) is 4.74 Å². The van der Waals surface area contributed by atoms with Gasteiger partial charge in [-0.1, -0.05) is 13.0 Å². The Kier molecular flexibility index (Phi) is 4.75. The second-order valence-electron chi connectivity index (χ2n) is 4.31. The predicted octanol–water partition coefficient (Wildman–Crippen LogP) is 3.19. The molecule has 0 amide bonds. The van der Waals surface area contributed by atoms with Crippen molar-refractivity contribution in [2.24, 2.45) is 0 Å². The number of hydrogen-bond donors (Lipinski definition) is 1. The van der Waals surface area contributed by atoms with Crippen molar-refractivity contribution < 1.29 is 9.84 Å². The summed E-state index contributed by atoms with van der Waals surface area (Å²) in [6.45, 7) is 2.96. The summed E-state index contributed by atoms with van der Waals surface area (Å²) in [7, 11) is 0. The van der Waals surface area contributed by atoms with E-state index < -0.39 is 0 Å². The van der Waals surface area contributed by atoms with Crippen molar-refractivity contribution in [2.45, 2.75) is 32.3 Å². The number of hydrogen-bond acceptors (Lipinski definition) is 3. The standard InChI is InChI=1S/C14H20O2S/c1-2-17-9-3-8-16-12-5-6-13-11(10-12)4-7-14(13)15/h5-6,10,14-15H,2-4,7-9H2,1H3/t14-/m0/s1. The quantitative estimate of drug-likeness (QED) is 0.788. The van der Waals surface area contributed by atoms with Crippen LogP contribution in [0.3, 0.4) is 0 Å². The van der Waals surface area contributed by atoms with Crippen LogP contribution in [0.15, 0.2) is 18.2 Å². The molecule has 0 saturated heterocycles. The second-order valence-corrected chi connectivity index (χ2v) is 5.71. The minimum Gasteiger partial charge on any atom is -0.494 e. The van der Waals surface area contributed by atoms with Gasteiger partial charge in [-0.3, -0.25) is 0 Å². The van der Waals surface area contributed by atoms with Gasteiger partial charge >= 0.3 is 0 Å². The molecule has 0 aliphatic heterocycles. The Morgan fingerprint density at radius 1 is 1.47 bits per heavy atom. The van der Waals surface area contributed by atoms with Gasteiger partial charge in [0.05, 0.1) is 12.7 Å². The second kappa shape index (κ2) is 6.31. The van der Waals surface area contributed by atoms with Gasteiger partial charge in [-0.05, 0) is 54.0 Å². The van der Waals surface area contributed by atoms with E-state index in [1.807, 2.05) is 23.9 Å². The van der Waals surface area contributed by atoms with Gasteiger partial charge in [0.1, 0.15) is 5.75 Å². The van der Waals surface area contributed by atoms with Gasteiger partial charge < -0.3 is 9.84 Å². The highest BCUT2D eigenvalue weighted by Crippen LogP contribution is 2.33. The lowest BCUT2D eigenvalue weighted by molar-refractivity contribution is 0.180. The molecule has 0 radical (unpaired) electrons. The zero-order chi connectivity index (χ0) is 12.1. The molecule has 1 aliphatic carbocycles. The molecule has 1 aromatic carbocycles. The summed E-state index contributed by atoms with van der Waals surface area (Å²) in [4.78, 5) is 0. The molecular formula is C14H20O2S. The van der Waals surface area contributed by atoms with E-state index >= 15 is 0 Å². The van der Waals surface area contributed by atoms with Crippen LogP contribution >= 0.6 is 11.8 Å². The Hall–Kier alpha value is -0.670. The Labute approximate surface area is 107 Å². The number of aliphatic hydroxyl groups excluding tert-OH is 1. The maximum Gasteiger partial charge on any atom is 0.119 e. The van der Waals surface area contributed by atoms with Gasteiger partial charge in [0.15, 0.2) is 0 Å². The highest BCUT2D eigenvalue weighted by Gasteiger charge is 2.20. The van der Waals surface area contributed by atoms with Crippen molar-refractivity contribution in [3.8, 4) is 5.75 Å². The molecule has 0 bridgehead atoms. The average molecular weight is 252 g/mol. The highest BCUT2D eigenvalue weighted by atomic mass is 32.2. The predicted molar refractivity (Wildman–Crippen MR) is 72.8 cm³/mol. The normalized spacial score (nSPS) is 18.1. The summed E-state index contributed by atoms with van der Waals surface area (Å²) in [5.74, 6) is 3.29. The van der Waals surface area contributed by atoms with Crippen LogP contribution in [0, 0.1) is 0 Å². The van der Waals surface area contributed by atoms with Gasteiger partial charge in [-0.25, -0.2) is 0 Å². The van der Waals surface area contributed by atoms with Crippen LogP contribution in [-0.4, -0.2) is 23.2 Å². The highest BCUT2D eigenvalue weighted by molar-refractivity contribution is 7.99. The van der Waals surface area contributed by atoms with Crippen LogP contribution in [0.25, 0.3) is 0 Å². The lowest BCUT2D eigenvalue weighted by atomic mass is 10.1. The molecule has 0 spiro atoms. The molecule has 0 aromatic heterocycles. The minimum atomic E-state index is -0.264. The third-order valence-corrected chi connectivity index (χ3v) is 4.05. The van der Waals surface area contributed by atoms with Crippen LogP contribution in [-0.2, 0) is 6.42 Å². The van der Waals surface area contributed by atoms with Crippen molar-refractivity contribution in [2.75, 3.05) is 18.1 Å². The molecular weight excluding hydrogens is 232 g/mol. The van der Waals surface area contributed by atoms with Crippen molar-refractivity contribution in [1.29, 1.82) is 0 Å². The Morgan fingerprint density at radius 3 is 3.18 bits per heavy atom. The zero-order valence-corrected chi connectivity index (χ0v) is 11.1. The van der Waals surface area contributed by atoms with Crippen LogP contribution in [0.4, 0.5) is 0 Å². The number of benzene rings is 1. The van der Waals surface area contributed by atoms with Gasteiger partial charge in [0.25, 0.3) is 0 Å². The molecule has 1 atom stereocenters. The van der Waals surface area contributed by atoms with E-state index in [2.05, 4.69) is 13.0 Å². The van der Waals surface area contributed by atoms with E-state index in [1.54, 1.807) is 0 Å². The van der Waals surface area contributed by atoms with E-state index in [1.165, 1.54) is 17.1 Å². The van der Waals surface area contributed by atoms with Crippen molar-refractivity contribution in [3.63, 3.8) is 0 Å². The first kappa shape index (κ1) is 12.8. The zero-order valence-electron chi connectivity index (χ0n) is 10.3. The van der Waals surface area contributed by atoms with Crippen LogP contribution in [0.5, 0.6) is 5.75 Å². The largest absolute Gasteiger partial charge is 0.494 e. The summed E-state index contributed by atoms with van der Waals surface area (Å²) in [5, 5.41) is 9.70. The molecule has 2 nitrogen and oxygen atoms in total. The SMILES string of the molecule is CCSCCCOc1ccc2c(c1)CC[C@@H]2O. The number of rotatable bonds is 6. The van der Waals surface area contributed by atoms with Crippen molar-refractivity contribution in [3.05, 3.63) is 29.3 Å². The number of fused-ring (bicyclic) bond motifs is 1. The maximum atomic E-state index is 9.70. The van der Waals surface area contributed by atoms with Gasteiger partial charge in [0.2, 0.25) is 0 Å². The van der Waals surface area contributed by atoms with Gasteiger partial charge in [-0.15, -0.1) is 0 Å². The third kappa shape index (κ3) is 3.39. The average Bonchev–Trinajstić information content (AvgIpc) is 2.71. The van der Waals surface area contributed by atoms with Crippen molar-refractivity contribution >= 4 is 11.8 Å². The molecule has 1 N–H and O–H groups in total. The summed E-state index contributed by atoms with van der Waals surface area (Å²) < 4.78 is 5.72. The van der Waals surface area contributed by atoms with E-state index in [9.17, 15) is 5.11 Å². The molecule has 1 aromatic rings. The Balaban J connectivity index is 1.82. The fraction of sp³-hybridized carbons (Fsp3) is 0.571. The topological polar surface area (TPSA) is 29.5 Å². The molecule has 17 heavy (non-hydrogen) atoms. The molecule has 0 heterocycles. The first-order valence-electron chi connectivity index (χ1n) is 6.32. The molecule has 0 saturated carbocycles. The summed E-state index contributed by atoms with van der Waals surface area (Å²) in [5.41, 5.74) is 2.33. The fourth-order valence-electron chi connectivity index (χ4n) is 2.16. The molecule has 2 rings (SSSR count). The minimum absolute atomic E-state index is 0.264. The number of aliphatic hydroxyl groups is 1. The van der Waals surface area contributed by atoms with Crippen LogP contribution < -0.4 is 4.74 Å². The van der Waals surface area contributed by atoms with Gasteiger partial charge in [-0.2, -0.15) is 11.8 Å². The summed E-state index contributed by atoms with van der Waals surface area (Å²) >= 11 is 1.95. The third-order valence-electron chi connectivity index (χ3n) is 3.07. The Morgan fingerprint density at radius 2 is 2.35 bits per heavy atom. The summed E-state index contributed by atoms with van der Waals surface area (Å²) in [6.07, 6.45) is 2.66. The van der Waals surface area contributed by atoms with Crippen molar-refractivity contribution in [1.82, 2.24) is 0 Å². The lowest BCUT2D eigenvalue weighted by Crippen LogP contribution is -1.99. The molecule has 94 valence electrons. The van der Waals surface area contributed by atoms with E-state index in [0.29, 0.717) is 0 Å². The first-order chi connectivity index (χ1) is 8.31. The van der Waals surface area contributed by atoms with Gasteiger partial charge in [0, 0.05) is 0 Å². The van der Waals surface area contributed by atoms with Crippen LogP contribution in [0.1, 0.15) is 37.0 Å². The Bertz CT molecular complexity index is 365. The maximum absolute atomic E-state index is 9.70. The summed E-state index contributed by atoms with van der Waals surface area (Å²) in [6, 6.07) is 6.06. The molecule has 0 unspecified atom stereocenters. The number of ether oxygens (including phenoxy) is 1. The van der Waals surface area contributed by atoms with Crippen LogP contribution in [0.2, 0.25) is 0 Å². The fourth-order valence-corrected chi connectivity index (χ4v) is 2.77. The molecule has 0 fully saturated rings.